The van der Waals surface area contributed by atoms with E-state index in [9.17, 15) is 4.79 Å². The van der Waals surface area contributed by atoms with Gasteiger partial charge in [-0.3, -0.25) is 14.8 Å². The maximum atomic E-state index is 12.4. The Labute approximate surface area is 111 Å². The lowest BCUT2D eigenvalue weighted by Gasteiger charge is -2.19. The Bertz CT molecular complexity index is 553. The predicted molar refractivity (Wildman–Crippen MR) is 71.8 cm³/mol. The number of halogens is 1. The highest BCUT2D eigenvalue weighted by molar-refractivity contribution is 6.18. The van der Waals surface area contributed by atoms with Crippen LogP contribution in [0, 0.1) is 0 Å². The molecule has 0 saturated carbocycles. The lowest BCUT2D eigenvalue weighted by molar-refractivity contribution is 0.0776. The zero-order valence-corrected chi connectivity index (χ0v) is 10.9. The number of hydrogen-bond donors (Lipinski definition) is 0. The Balaban J connectivity index is 2.44. The third-order valence-corrected chi connectivity index (χ3v) is 2.92. The molecular formula is C13H14ClN3O. The van der Waals surface area contributed by atoms with Crippen molar-refractivity contribution >= 4 is 28.5 Å². The number of rotatable bonds is 4. The van der Waals surface area contributed by atoms with Gasteiger partial charge in [0.1, 0.15) is 5.52 Å². The molecule has 0 bridgehead atoms. The van der Waals surface area contributed by atoms with Crippen LogP contribution in [-0.2, 0) is 0 Å². The van der Waals surface area contributed by atoms with Crippen molar-refractivity contribution in [3.63, 3.8) is 0 Å². The summed E-state index contributed by atoms with van der Waals surface area (Å²) in [6.45, 7) is 3.09. The minimum atomic E-state index is -0.0516. The highest BCUT2D eigenvalue weighted by Crippen LogP contribution is 2.15. The number of nitrogens with zero attached hydrogens (tertiary/aromatic N) is 3. The Morgan fingerprint density at radius 1 is 1.33 bits per heavy atom. The fourth-order valence-electron chi connectivity index (χ4n) is 1.84. The first-order valence-corrected chi connectivity index (χ1v) is 6.36. The second-order valence-corrected chi connectivity index (χ2v) is 4.18. The molecule has 0 aliphatic rings. The van der Waals surface area contributed by atoms with Crippen molar-refractivity contribution in [2.45, 2.75) is 6.92 Å². The molecule has 1 amide bonds. The van der Waals surface area contributed by atoms with Crippen LogP contribution in [0.4, 0.5) is 0 Å². The van der Waals surface area contributed by atoms with Gasteiger partial charge in [0.2, 0.25) is 0 Å². The highest BCUT2D eigenvalue weighted by Gasteiger charge is 2.16. The maximum Gasteiger partial charge on any atom is 0.256 e. The van der Waals surface area contributed by atoms with Crippen molar-refractivity contribution < 1.29 is 4.79 Å². The summed E-state index contributed by atoms with van der Waals surface area (Å²) in [5.74, 6) is 0.375. The van der Waals surface area contributed by atoms with Crippen molar-refractivity contribution in [2.24, 2.45) is 0 Å². The first-order chi connectivity index (χ1) is 8.77. The molecule has 2 aromatic rings. The minimum absolute atomic E-state index is 0.0516. The zero-order chi connectivity index (χ0) is 13.0. The molecule has 0 aliphatic heterocycles. The van der Waals surface area contributed by atoms with Crippen molar-refractivity contribution in [1.82, 2.24) is 14.9 Å². The molecule has 0 saturated heterocycles. The van der Waals surface area contributed by atoms with Crippen molar-refractivity contribution in [3.8, 4) is 0 Å². The summed E-state index contributed by atoms with van der Waals surface area (Å²) in [6, 6.07) is 5.44. The maximum absolute atomic E-state index is 12.4. The summed E-state index contributed by atoms with van der Waals surface area (Å²) < 4.78 is 0. The normalized spacial score (nSPS) is 10.6. The molecule has 0 unspecified atom stereocenters. The van der Waals surface area contributed by atoms with E-state index in [1.54, 1.807) is 23.4 Å². The number of hydrogen-bond acceptors (Lipinski definition) is 3. The monoisotopic (exact) mass is 263 g/mol. The molecular weight excluding hydrogens is 250 g/mol. The second kappa shape index (κ2) is 5.78. The van der Waals surface area contributed by atoms with E-state index in [-0.39, 0.29) is 5.91 Å². The number of alkyl halides is 1. The largest absolute Gasteiger partial charge is 0.338 e. The quantitative estimate of drug-likeness (QED) is 0.796. The average Bonchev–Trinajstić information content (AvgIpc) is 2.43. The predicted octanol–water partition coefficient (Wildman–Crippen LogP) is 2.33. The molecule has 1 aromatic heterocycles. The first-order valence-electron chi connectivity index (χ1n) is 5.83. The third kappa shape index (κ3) is 2.43. The van der Waals surface area contributed by atoms with Gasteiger partial charge in [0.15, 0.2) is 0 Å². The van der Waals surface area contributed by atoms with Gasteiger partial charge in [0.05, 0.1) is 11.1 Å². The van der Waals surface area contributed by atoms with Gasteiger partial charge >= 0.3 is 0 Å². The SMILES string of the molecule is CCN(CCCl)C(=O)c1cccc2nccnc12. The molecule has 0 aliphatic carbocycles. The third-order valence-electron chi connectivity index (χ3n) is 2.75. The van der Waals surface area contributed by atoms with Crippen molar-refractivity contribution in [1.29, 1.82) is 0 Å². The molecule has 0 radical (unpaired) electrons. The summed E-state index contributed by atoms with van der Waals surface area (Å²) in [6.07, 6.45) is 3.21. The Morgan fingerprint density at radius 2 is 2.11 bits per heavy atom. The number of fused-ring (bicyclic) bond motifs is 1. The van der Waals surface area contributed by atoms with Crippen LogP contribution in [0.5, 0.6) is 0 Å². The number of benzene rings is 1. The van der Waals surface area contributed by atoms with Crippen LogP contribution in [-0.4, -0.2) is 39.7 Å². The van der Waals surface area contributed by atoms with Gasteiger partial charge in [0.25, 0.3) is 5.91 Å². The van der Waals surface area contributed by atoms with Crippen LogP contribution in [0.15, 0.2) is 30.6 Å². The van der Waals surface area contributed by atoms with E-state index < -0.39 is 0 Å². The van der Waals surface area contributed by atoms with E-state index in [1.165, 1.54) is 0 Å². The van der Waals surface area contributed by atoms with Crippen LogP contribution in [0.3, 0.4) is 0 Å². The van der Waals surface area contributed by atoms with E-state index in [0.717, 1.165) is 5.52 Å². The Morgan fingerprint density at radius 3 is 2.83 bits per heavy atom. The van der Waals surface area contributed by atoms with Crippen molar-refractivity contribution in [3.05, 3.63) is 36.2 Å². The molecule has 0 atom stereocenters. The lowest BCUT2D eigenvalue weighted by atomic mass is 10.1. The van der Waals surface area contributed by atoms with Crippen LogP contribution >= 0.6 is 11.6 Å². The topological polar surface area (TPSA) is 46.1 Å². The van der Waals surface area contributed by atoms with Gasteiger partial charge in [-0.15, -0.1) is 11.6 Å². The van der Waals surface area contributed by atoms with E-state index in [0.29, 0.717) is 30.0 Å². The van der Waals surface area contributed by atoms with Crippen LogP contribution in [0.1, 0.15) is 17.3 Å². The number of aromatic nitrogens is 2. The van der Waals surface area contributed by atoms with E-state index in [1.807, 2.05) is 19.1 Å². The van der Waals surface area contributed by atoms with E-state index in [4.69, 9.17) is 11.6 Å². The fraction of sp³-hybridized carbons (Fsp3) is 0.308. The lowest BCUT2D eigenvalue weighted by Crippen LogP contribution is -2.32. The molecule has 0 fully saturated rings. The van der Waals surface area contributed by atoms with Gasteiger partial charge in [0, 0.05) is 31.4 Å². The summed E-state index contributed by atoms with van der Waals surface area (Å²) in [5, 5.41) is 0. The molecule has 0 N–H and O–H groups in total. The van der Waals surface area contributed by atoms with Crippen LogP contribution < -0.4 is 0 Å². The molecule has 2 rings (SSSR count). The van der Waals surface area contributed by atoms with Gasteiger partial charge in [-0.2, -0.15) is 0 Å². The molecule has 1 aromatic carbocycles. The minimum Gasteiger partial charge on any atom is -0.338 e. The number of amides is 1. The average molecular weight is 264 g/mol. The standard InChI is InChI=1S/C13H14ClN3O/c1-2-17(9-6-14)13(18)10-4-3-5-11-12(10)16-8-7-15-11/h3-5,7-8H,2,6,9H2,1H3. The summed E-state index contributed by atoms with van der Waals surface area (Å²) in [5.41, 5.74) is 1.94. The second-order valence-electron chi connectivity index (χ2n) is 3.80. The van der Waals surface area contributed by atoms with Gasteiger partial charge in [-0.05, 0) is 19.1 Å². The smallest absolute Gasteiger partial charge is 0.256 e. The summed E-state index contributed by atoms with van der Waals surface area (Å²) in [4.78, 5) is 22.5. The Kier molecular flexibility index (Phi) is 4.10. The molecule has 5 heteroatoms. The fourth-order valence-corrected chi connectivity index (χ4v) is 2.04. The summed E-state index contributed by atoms with van der Waals surface area (Å²) in [7, 11) is 0. The molecule has 18 heavy (non-hydrogen) atoms. The number of carbonyl (C=O) groups excluding carboxylic acids is 1. The van der Waals surface area contributed by atoms with Gasteiger partial charge in [-0.25, -0.2) is 0 Å². The van der Waals surface area contributed by atoms with Gasteiger partial charge < -0.3 is 4.90 Å². The van der Waals surface area contributed by atoms with Crippen LogP contribution in [0.25, 0.3) is 11.0 Å². The van der Waals surface area contributed by atoms with Crippen LogP contribution in [0.2, 0.25) is 0 Å². The zero-order valence-electron chi connectivity index (χ0n) is 10.1. The molecule has 4 nitrogen and oxygen atoms in total. The number of para-hydroxylation sites is 1. The van der Waals surface area contributed by atoms with E-state index >= 15 is 0 Å². The Hall–Kier alpha value is -1.68. The molecule has 1 heterocycles. The molecule has 0 spiro atoms. The highest BCUT2D eigenvalue weighted by atomic mass is 35.5. The van der Waals surface area contributed by atoms with E-state index in [2.05, 4.69) is 9.97 Å². The first kappa shape index (κ1) is 12.8. The molecule has 94 valence electrons. The summed E-state index contributed by atoms with van der Waals surface area (Å²) >= 11 is 5.70. The number of carbonyl (C=O) groups is 1. The van der Waals surface area contributed by atoms with Crippen molar-refractivity contribution in [2.75, 3.05) is 19.0 Å². The van der Waals surface area contributed by atoms with Gasteiger partial charge in [-0.1, -0.05) is 6.07 Å².